The quantitative estimate of drug-likeness (QED) is 0.755. The summed E-state index contributed by atoms with van der Waals surface area (Å²) in [6.45, 7) is 0.800. The van der Waals surface area contributed by atoms with Crippen molar-refractivity contribution in [3.8, 4) is 11.5 Å². The number of carbonyl (C=O) groups excluding carboxylic acids is 1. The van der Waals surface area contributed by atoms with E-state index in [0.29, 0.717) is 28.6 Å². The van der Waals surface area contributed by atoms with Gasteiger partial charge in [-0.25, -0.2) is 0 Å². The average Bonchev–Trinajstić information content (AvgIpc) is 2.40. The predicted octanol–water partition coefficient (Wildman–Crippen LogP) is 2.30. The molecule has 2 N–H and O–H groups in total. The lowest BCUT2D eigenvalue weighted by molar-refractivity contribution is -0.116. The van der Waals surface area contributed by atoms with E-state index in [9.17, 15) is 4.79 Å². The Morgan fingerprint density at radius 1 is 1.26 bits per heavy atom. The number of hydrogen-bond donors (Lipinski definition) is 2. The first-order chi connectivity index (χ1) is 9.12. The predicted molar refractivity (Wildman–Crippen MR) is 76.3 cm³/mol. The van der Waals surface area contributed by atoms with Crippen molar-refractivity contribution in [2.75, 3.05) is 33.1 Å². The van der Waals surface area contributed by atoms with Gasteiger partial charge in [0.05, 0.1) is 24.9 Å². The molecule has 0 spiro atoms. The summed E-state index contributed by atoms with van der Waals surface area (Å²) in [5.41, 5.74) is 0.554. The number of rotatable bonds is 7. The van der Waals surface area contributed by atoms with E-state index in [2.05, 4.69) is 10.6 Å². The van der Waals surface area contributed by atoms with Gasteiger partial charge in [0, 0.05) is 18.6 Å². The summed E-state index contributed by atoms with van der Waals surface area (Å²) in [4.78, 5) is 11.8. The maximum Gasteiger partial charge on any atom is 0.224 e. The number of nitrogens with one attached hydrogen (secondary N) is 2. The molecule has 0 radical (unpaired) electrons. The Morgan fingerprint density at radius 2 is 1.95 bits per heavy atom. The number of carbonyl (C=O) groups is 1. The van der Waals surface area contributed by atoms with Crippen LogP contribution in [0.15, 0.2) is 12.1 Å². The van der Waals surface area contributed by atoms with Gasteiger partial charge in [-0.1, -0.05) is 11.6 Å². The minimum Gasteiger partial charge on any atom is -0.495 e. The molecule has 6 heteroatoms. The first kappa shape index (κ1) is 15.6. The van der Waals surface area contributed by atoms with Crippen LogP contribution in [-0.4, -0.2) is 33.7 Å². The van der Waals surface area contributed by atoms with Gasteiger partial charge < -0.3 is 20.1 Å². The van der Waals surface area contributed by atoms with Crippen LogP contribution in [0.3, 0.4) is 0 Å². The van der Waals surface area contributed by atoms with Crippen molar-refractivity contribution in [1.29, 1.82) is 0 Å². The van der Waals surface area contributed by atoms with Gasteiger partial charge in [-0.05, 0) is 20.0 Å². The SMILES string of the molecule is CNCCCC(=O)Nc1cc(OC)c(Cl)cc1OC. The van der Waals surface area contributed by atoms with Crippen LogP contribution in [0.4, 0.5) is 5.69 Å². The molecule has 0 atom stereocenters. The molecule has 1 amide bonds. The number of ether oxygens (including phenoxy) is 2. The summed E-state index contributed by atoms with van der Waals surface area (Å²) in [7, 11) is 4.89. The Hall–Kier alpha value is -1.46. The lowest BCUT2D eigenvalue weighted by Crippen LogP contribution is -2.15. The number of methoxy groups -OCH3 is 2. The van der Waals surface area contributed by atoms with E-state index in [4.69, 9.17) is 21.1 Å². The Bertz CT molecular complexity index is 438. The third kappa shape index (κ3) is 4.61. The number of amides is 1. The van der Waals surface area contributed by atoms with Gasteiger partial charge in [-0.15, -0.1) is 0 Å². The Balaban J connectivity index is 2.78. The van der Waals surface area contributed by atoms with Crippen molar-refractivity contribution in [3.05, 3.63) is 17.2 Å². The van der Waals surface area contributed by atoms with Crippen molar-refractivity contribution in [2.45, 2.75) is 12.8 Å². The van der Waals surface area contributed by atoms with E-state index in [1.807, 2.05) is 7.05 Å². The van der Waals surface area contributed by atoms with Crippen LogP contribution in [0.1, 0.15) is 12.8 Å². The Kier molecular flexibility index (Phi) is 6.45. The molecule has 19 heavy (non-hydrogen) atoms. The van der Waals surface area contributed by atoms with Crippen LogP contribution < -0.4 is 20.1 Å². The van der Waals surface area contributed by atoms with Crippen molar-refractivity contribution in [2.24, 2.45) is 0 Å². The summed E-state index contributed by atoms with van der Waals surface area (Å²) in [5, 5.41) is 6.22. The van der Waals surface area contributed by atoms with Crippen LogP contribution in [0.25, 0.3) is 0 Å². The molecule has 0 fully saturated rings. The van der Waals surface area contributed by atoms with E-state index < -0.39 is 0 Å². The van der Waals surface area contributed by atoms with Crippen molar-refractivity contribution < 1.29 is 14.3 Å². The van der Waals surface area contributed by atoms with E-state index in [-0.39, 0.29) is 5.91 Å². The lowest BCUT2D eigenvalue weighted by Gasteiger charge is -2.13. The summed E-state index contributed by atoms with van der Waals surface area (Å²) in [6.07, 6.45) is 1.21. The number of halogens is 1. The zero-order valence-corrected chi connectivity index (χ0v) is 12.1. The molecular weight excluding hydrogens is 268 g/mol. The maximum absolute atomic E-state index is 11.8. The smallest absolute Gasteiger partial charge is 0.224 e. The summed E-state index contributed by atoms with van der Waals surface area (Å²) >= 11 is 5.99. The van der Waals surface area contributed by atoms with Crippen molar-refractivity contribution >= 4 is 23.2 Å². The van der Waals surface area contributed by atoms with Crippen molar-refractivity contribution in [1.82, 2.24) is 5.32 Å². The molecule has 5 nitrogen and oxygen atoms in total. The van der Waals surface area contributed by atoms with E-state index >= 15 is 0 Å². The summed E-state index contributed by atoms with van der Waals surface area (Å²) < 4.78 is 10.3. The second-order valence-electron chi connectivity index (χ2n) is 3.94. The molecule has 0 saturated heterocycles. The third-order valence-electron chi connectivity index (χ3n) is 2.58. The Morgan fingerprint density at radius 3 is 2.53 bits per heavy atom. The minimum atomic E-state index is -0.0714. The molecular formula is C13H19ClN2O3. The van der Waals surface area contributed by atoms with Gasteiger partial charge in [0.25, 0.3) is 0 Å². The fraction of sp³-hybridized carbons (Fsp3) is 0.462. The third-order valence-corrected chi connectivity index (χ3v) is 2.87. The highest BCUT2D eigenvalue weighted by Gasteiger charge is 2.12. The monoisotopic (exact) mass is 286 g/mol. The van der Waals surface area contributed by atoms with E-state index in [0.717, 1.165) is 13.0 Å². The molecule has 0 aliphatic heterocycles. The fourth-order valence-corrected chi connectivity index (χ4v) is 1.83. The topological polar surface area (TPSA) is 59.6 Å². The van der Waals surface area contributed by atoms with Crippen LogP contribution in [0, 0.1) is 0 Å². The number of hydrogen-bond acceptors (Lipinski definition) is 4. The lowest BCUT2D eigenvalue weighted by atomic mass is 10.2. The van der Waals surface area contributed by atoms with Crippen molar-refractivity contribution in [3.63, 3.8) is 0 Å². The largest absolute Gasteiger partial charge is 0.495 e. The highest BCUT2D eigenvalue weighted by atomic mass is 35.5. The molecule has 106 valence electrons. The zero-order chi connectivity index (χ0) is 14.3. The number of benzene rings is 1. The normalized spacial score (nSPS) is 10.1. The molecule has 1 aromatic rings. The molecule has 0 aromatic heterocycles. The van der Waals surface area contributed by atoms with Gasteiger partial charge in [0.1, 0.15) is 11.5 Å². The van der Waals surface area contributed by atoms with E-state index in [1.165, 1.54) is 14.2 Å². The first-order valence-electron chi connectivity index (χ1n) is 5.98. The van der Waals surface area contributed by atoms with Gasteiger partial charge in [0.15, 0.2) is 0 Å². The van der Waals surface area contributed by atoms with Gasteiger partial charge in [0.2, 0.25) is 5.91 Å². The molecule has 0 saturated carbocycles. The summed E-state index contributed by atoms with van der Waals surface area (Å²) in [6, 6.07) is 3.26. The molecule has 0 unspecified atom stereocenters. The average molecular weight is 287 g/mol. The fourth-order valence-electron chi connectivity index (χ4n) is 1.60. The second kappa shape index (κ2) is 7.86. The molecule has 1 aromatic carbocycles. The second-order valence-corrected chi connectivity index (χ2v) is 4.35. The molecule has 0 aliphatic rings. The molecule has 0 bridgehead atoms. The minimum absolute atomic E-state index is 0.0714. The van der Waals surface area contributed by atoms with Crippen LogP contribution in [0.2, 0.25) is 5.02 Å². The van der Waals surface area contributed by atoms with Gasteiger partial charge >= 0.3 is 0 Å². The maximum atomic E-state index is 11.8. The highest BCUT2D eigenvalue weighted by molar-refractivity contribution is 6.32. The van der Waals surface area contributed by atoms with Crippen LogP contribution >= 0.6 is 11.6 Å². The molecule has 0 heterocycles. The number of anilines is 1. The van der Waals surface area contributed by atoms with E-state index in [1.54, 1.807) is 12.1 Å². The first-order valence-corrected chi connectivity index (χ1v) is 6.36. The highest BCUT2D eigenvalue weighted by Crippen LogP contribution is 2.35. The molecule has 0 aliphatic carbocycles. The van der Waals surface area contributed by atoms with Crippen LogP contribution in [0.5, 0.6) is 11.5 Å². The van der Waals surface area contributed by atoms with Crippen LogP contribution in [-0.2, 0) is 4.79 Å². The van der Waals surface area contributed by atoms with Gasteiger partial charge in [-0.3, -0.25) is 4.79 Å². The zero-order valence-electron chi connectivity index (χ0n) is 11.4. The molecule has 1 rings (SSSR count). The van der Waals surface area contributed by atoms with Gasteiger partial charge in [-0.2, -0.15) is 0 Å². The summed E-state index contributed by atoms with van der Waals surface area (Å²) in [5.74, 6) is 0.929. The standard InChI is InChI=1S/C13H19ClN2O3/c1-15-6-4-5-13(17)16-10-8-11(18-2)9(14)7-12(10)19-3/h7-8,15H,4-6H2,1-3H3,(H,16,17). The Labute approximate surface area is 118 Å².